The van der Waals surface area contributed by atoms with Gasteiger partial charge < -0.3 is 15.0 Å². The fourth-order valence-corrected chi connectivity index (χ4v) is 3.27. The first-order valence-electron chi connectivity index (χ1n) is 8.77. The number of hydrogen-bond donors (Lipinski definition) is 1. The summed E-state index contributed by atoms with van der Waals surface area (Å²) >= 11 is 12.0. The van der Waals surface area contributed by atoms with Crippen LogP contribution in [0.5, 0.6) is 5.75 Å². The molecule has 2 aromatic carbocycles. The van der Waals surface area contributed by atoms with Crippen LogP contribution >= 0.6 is 23.2 Å². The number of alkyl halides is 3. The van der Waals surface area contributed by atoms with Crippen LogP contribution in [0.3, 0.4) is 0 Å². The molecule has 0 aromatic heterocycles. The van der Waals surface area contributed by atoms with Crippen LogP contribution in [0.25, 0.3) is 0 Å². The van der Waals surface area contributed by atoms with E-state index in [1.54, 1.807) is 11.0 Å². The van der Waals surface area contributed by atoms with Crippen LogP contribution in [-0.2, 0) is 6.54 Å². The number of anilines is 1. The molecule has 1 aliphatic rings. The Balaban J connectivity index is 1.47. The molecule has 5 nitrogen and oxygen atoms in total. The van der Waals surface area contributed by atoms with Gasteiger partial charge in [0.25, 0.3) is 0 Å². The lowest BCUT2D eigenvalue weighted by molar-refractivity contribution is -0.274. The number of halogens is 5. The number of hydrogen-bond acceptors (Lipinski definition) is 3. The Kier molecular flexibility index (Phi) is 6.77. The van der Waals surface area contributed by atoms with Crippen molar-refractivity contribution in [2.45, 2.75) is 12.9 Å². The Morgan fingerprint density at radius 3 is 2.24 bits per heavy atom. The number of nitrogens with one attached hydrogen (secondary N) is 1. The number of rotatable bonds is 4. The molecule has 0 saturated carbocycles. The van der Waals surface area contributed by atoms with Gasteiger partial charge in [0.05, 0.1) is 10.0 Å². The number of urea groups is 1. The van der Waals surface area contributed by atoms with Crippen LogP contribution in [0.2, 0.25) is 10.0 Å². The minimum atomic E-state index is -4.75. The van der Waals surface area contributed by atoms with E-state index in [9.17, 15) is 18.0 Å². The van der Waals surface area contributed by atoms with Crippen LogP contribution in [0, 0.1) is 0 Å². The largest absolute Gasteiger partial charge is 0.573 e. The van der Waals surface area contributed by atoms with Crippen molar-refractivity contribution in [2.24, 2.45) is 0 Å². The molecule has 10 heteroatoms. The van der Waals surface area contributed by atoms with Gasteiger partial charge in [-0.25, -0.2) is 4.79 Å². The second kappa shape index (κ2) is 9.11. The molecular formula is C19H18Cl2F3N3O2. The van der Waals surface area contributed by atoms with Gasteiger partial charge in [0.1, 0.15) is 5.75 Å². The minimum absolute atomic E-state index is 0.302. The van der Waals surface area contributed by atoms with Crippen molar-refractivity contribution in [3.63, 3.8) is 0 Å². The molecule has 3 rings (SSSR count). The molecule has 0 aliphatic carbocycles. The first-order valence-corrected chi connectivity index (χ1v) is 9.53. The predicted octanol–water partition coefficient (Wildman–Crippen LogP) is 5.24. The van der Waals surface area contributed by atoms with Gasteiger partial charge in [-0.3, -0.25) is 4.90 Å². The molecule has 2 aromatic rings. The highest BCUT2D eigenvalue weighted by Gasteiger charge is 2.31. The highest BCUT2D eigenvalue weighted by Crippen LogP contribution is 2.25. The number of carbonyl (C=O) groups excluding carboxylic acids is 1. The highest BCUT2D eigenvalue weighted by atomic mass is 35.5. The van der Waals surface area contributed by atoms with Crippen LogP contribution < -0.4 is 10.1 Å². The number of amides is 2. The van der Waals surface area contributed by atoms with E-state index in [-0.39, 0.29) is 11.8 Å². The Morgan fingerprint density at radius 2 is 1.66 bits per heavy atom. The molecule has 29 heavy (non-hydrogen) atoms. The molecule has 2 amide bonds. The van der Waals surface area contributed by atoms with Crippen LogP contribution in [-0.4, -0.2) is 48.4 Å². The van der Waals surface area contributed by atoms with Crippen molar-refractivity contribution in [1.29, 1.82) is 0 Å². The van der Waals surface area contributed by atoms with Crippen molar-refractivity contribution in [1.82, 2.24) is 9.80 Å². The number of carbonyl (C=O) groups is 1. The maximum atomic E-state index is 12.4. The molecule has 156 valence electrons. The van der Waals surface area contributed by atoms with Gasteiger partial charge in [-0.2, -0.15) is 0 Å². The lowest BCUT2D eigenvalue weighted by atomic mass is 10.2. The molecule has 0 bridgehead atoms. The van der Waals surface area contributed by atoms with E-state index in [1.165, 1.54) is 12.1 Å². The summed E-state index contributed by atoms with van der Waals surface area (Å²) in [6.07, 6.45) is -4.75. The van der Waals surface area contributed by atoms with Gasteiger partial charge in [0.2, 0.25) is 0 Å². The summed E-state index contributed by atoms with van der Waals surface area (Å²) in [5.41, 5.74) is 1.43. The van der Waals surface area contributed by atoms with Gasteiger partial charge in [-0.05, 0) is 42.0 Å². The fraction of sp³-hybridized carbons (Fsp3) is 0.316. The van der Waals surface area contributed by atoms with Crippen LogP contribution in [0.1, 0.15) is 5.56 Å². The average molecular weight is 448 g/mol. The third kappa shape index (κ3) is 6.42. The molecule has 1 heterocycles. The molecule has 0 spiro atoms. The third-order valence-corrected chi connectivity index (χ3v) is 5.13. The zero-order valence-electron chi connectivity index (χ0n) is 15.2. The van der Waals surface area contributed by atoms with Gasteiger partial charge >= 0.3 is 12.4 Å². The first-order chi connectivity index (χ1) is 13.7. The second-order valence-corrected chi connectivity index (χ2v) is 7.33. The molecule has 1 N–H and O–H groups in total. The van der Waals surface area contributed by atoms with Crippen LogP contribution in [0.15, 0.2) is 42.5 Å². The Hall–Kier alpha value is -2.16. The maximum Gasteiger partial charge on any atom is 0.573 e. The summed E-state index contributed by atoms with van der Waals surface area (Å²) in [5, 5.41) is 3.70. The standard InChI is InChI=1S/C19H18Cl2F3N3O2/c20-16-6-1-13(11-17(16)21)12-26-7-9-27(10-8-26)18(28)25-14-2-4-15(5-3-14)29-19(22,23)24/h1-6,11H,7-10,12H2,(H,25,28). The summed E-state index contributed by atoms with van der Waals surface area (Å²) in [7, 11) is 0. The molecular weight excluding hydrogens is 430 g/mol. The van der Waals surface area contributed by atoms with Crippen LogP contribution in [0.4, 0.5) is 23.7 Å². The Bertz CT molecular complexity index is 855. The van der Waals surface area contributed by atoms with E-state index >= 15 is 0 Å². The molecule has 0 unspecified atom stereocenters. The Morgan fingerprint density at radius 1 is 1.00 bits per heavy atom. The van der Waals surface area contributed by atoms with Crippen molar-refractivity contribution in [2.75, 3.05) is 31.5 Å². The lowest BCUT2D eigenvalue weighted by Gasteiger charge is -2.34. The summed E-state index contributed by atoms with van der Waals surface area (Å²) in [5.74, 6) is -0.341. The smallest absolute Gasteiger partial charge is 0.406 e. The quantitative estimate of drug-likeness (QED) is 0.696. The second-order valence-electron chi connectivity index (χ2n) is 6.51. The van der Waals surface area contributed by atoms with E-state index in [4.69, 9.17) is 23.2 Å². The van der Waals surface area contributed by atoms with Crippen molar-refractivity contribution >= 4 is 34.9 Å². The van der Waals surface area contributed by atoms with E-state index < -0.39 is 6.36 Å². The Labute approximate surface area is 175 Å². The van der Waals surface area contributed by atoms with E-state index in [0.29, 0.717) is 48.5 Å². The van der Waals surface area contributed by atoms with Crippen molar-refractivity contribution in [3.8, 4) is 5.75 Å². The van der Waals surface area contributed by atoms with E-state index in [0.717, 1.165) is 17.7 Å². The summed E-state index contributed by atoms with van der Waals surface area (Å²) < 4.78 is 40.4. The van der Waals surface area contributed by atoms with Crippen molar-refractivity contribution < 1.29 is 22.7 Å². The molecule has 0 radical (unpaired) electrons. The molecule has 1 aliphatic heterocycles. The summed E-state index contributed by atoms with van der Waals surface area (Å²) in [4.78, 5) is 16.2. The van der Waals surface area contributed by atoms with Gasteiger partial charge in [0, 0.05) is 38.4 Å². The van der Waals surface area contributed by atoms with Gasteiger partial charge in [0.15, 0.2) is 0 Å². The highest BCUT2D eigenvalue weighted by molar-refractivity contribution is 6.42. The number of ether oxygens (including phenoxy) is 1. The fourth-order valence-electron chi connectivity index (χ4n) is 2.95. The predicted molar refractivity (Wildman–Crippen MR) is 105 cm³/mol. The normalized spacial score (nSPS) is 15.3. The molecule has 0 atom stereocenters. The molecule has 1 saturated heterocycles. The van der Waals surface area contributed by atoms with Gasteiger partial charge in [-0.15, -0.1) is 13.2 Å². The summed E-state index contributed by atoms with van der Waals surface area (Å²) in [6, 6.07) is 10.2. The topological polar surface area (TPSA) is 44.8 Å². The molecule has 1 fully saturated rings. The lowest BCUT2D eigenvalue weighted by Crippen LogP contribution is -2.49. The van der Waals surface area contributed by atoms with Crippen molar-refractivity contribution in [3.05, 3.63) is 58.1 Å². The van der Waals surface area contributed by atoms with E-state index in [2.05, 4.69) is 15.0 Å². The average Bonchev–Trinajstić information content (AvgIpc) is 2.66. The van der Waals surface area contributed by atoms with E-state index in [1.807, 2.05) is 12.1 Å². The SMILES string of the molecule is O=C(Nc1ccc(OC(F)(F)F)cc1)N1CCN(Cc2ccc(Cl)c(Cl)c2)CC1. The zero-order chi connectivity index (χ0) is 21.0. The zero-order valence-corrected chi connectivity index (χ0v) is 16.7. The van der Waals surface area contributed by atoms with Gasteiger partial charge in [-0.1, -0.05) is 29.3 Å². The number of piperazine rings is 1. The number of benzene rings is 2. The number of nitrogens with zero attached hydrogens (tertiary/aromatic N) is 2. The first kappa shape index (κ1) is 21.5. The maximum absolute atomic E-state index is 12.4. The summed E-state index contributed by atoms with van der Waals surface area (Å²) in [6.45, 7) is 3.13. The monoisotopic (exact) mass is 447 g/mol. The third-order valence-electron chi connectivity index (χ3n) is 4.39. The minimum Gasteiger partial charge on any atom is -0.406 e.